The molecule has 0 saturated heterocycles. The highest BCUT2D eigenvalue weighted by molar-refractivity contribution is 5.86. The molecule has 10 nitrogen and oxygen atoms in total. The van der Waals surface area contributed by atoms with Crippen LogP contribution in [0.3, 0.4) is 0 Å². The Morgan fingerprint density at radius 1 is 0.840 bits per heavy atom. The molecule has 10 heteroatoms. The van der Waals surface area contributed by atoms with Gasteiger partial charge in [-0.3, -0.25) is 4.79 Å². The van der Waals surface area contributed by atoms with Crippen LogP contribution in [-0.2, 0) is 14.4 Å². The molecule has 0 saturated carbocycles. The average Bonchev–Trinajstić information content (AvgIpc) is 2.48. The number of amides is 2. The van der Waals surface area contributed by atoms with Gasteiger partial charge in [-0.15, -0.1) is 0 Å². The topological polar surface area (TPSA) is 165 Å². The van der Waals surface area contributed by atoms with E-state index in [0.717, 1.165) is 13.0 Å². The monoisotopic (exact) mass is 361 g/mol. The molecule has 2 amide bonds. The minimum absolute atomic E-state index is 0.204. The molecule has 0 aromatic heterocycles. The van der Waals surface area contributed by atoms with Crippen molar-refractivity contribution in [2.24, 2.45) is 0 Å². The Hall–Kier alpha value is -2.36. The third kappa shape index (κ3) is 11.8. The molecular formula is C15H27N3O7. The molecule has 0 aromatic rings. The molecule has 0 heterocycles. The van der Waals surface area contributed by atoms with Crippen LogP contribution < -0.4 is 16.0 Å². The first-order chi connectivity index (χ1) is 11.6. The number of carbonyl (C=O) groups excluding carboxylic acids is 1. The predicted octanol–water partition coefficient (Wildman–Crippen LogP) is 0.225. The molecule has 0 aliphatic rings. The maximum Gasteiger partial charge on any atom is 0.326 e. The Kier molecular flexibility index (Phi) is 10.9. The van der Waals surface area contributed by atoms with Crippen LogP contribution in [0, 0.1) is 0 Å². The van der Waals surface area contributed by atoms with Crippen molar-refractivity contribution >= 4 is 23.9 Å². The predicted molar refractivity (Wildman–Crippen MR) is 88.4 cm³/mol. The number of nitrogens with one attached hydrogen (secondary N) is 3. The van der Waals surface area contributed by atoms with Crippen LogP contribution in [0.1, 0.15) is 46.0 Å². The molecule has 6 N–H and O–H groups in total. The molecular weight excluding hydrogens is 334 g/mol. The van der Waals surface area contributed by atoms with Crippen LogP contribution in [0.25, 0.3) is 0 Å². The minimum Gasteiger partial charge on any atom is -0.481 e. The van der Waals surface area contributed by atoms with Crippen molar-refractivity contribution in [3.8, 4) is 0 Å². The number of carbonyl (C=O) groups is 4. The van der Waals surface area contributed by atoms with E-state index in [-0.39, 0.29) is 12.8 Å². The fourth-order valence-electron chi connectivity index (χ4n) is 2.00. The number of hydrogen-bond donors (Lipinski definition) is 6. The van der Waals surface area contributed by atoms with E-state index in [2.05, 4.69) is 16.0 Å². The summed E-state index contributed by atoms with van der Waals surface area (Å²) in [5, 5.41) is 34.2. The van der Waals surface area contributed by atoms with Gasteiger partial charge in [-0.1, -0.05) is 13.8 Å². The van der Waals surface area contributed by atoms with E-state index in [4.69, 9.17) is 15.3 Å². The number of hydrogen-bond acceptors (Lipinski definition) is 5. The van der Waals surface area contributed by atoms with Gasteiger partial charge in [0.2, 0.25) is 0 Å². The summed E-state index contributed by atoms with van der Waals surface area (Å²) in [6.45, 7) is 4.72. The lowest BCUT2D eigenvalue weighted by atomic mass is 10.1. The molecule has 0 aromatic carbocycles. The molecule has 0 fully saturated rings. The van der Waals surface area contributed by atoms with E-state index in [1.54, 1.807) is 0 Å². The van der Waals surface area contributed by atoms with E-state index in [0.29, 0.717) is 12.5 Å². The van der Waals surface area contributed by atoms with Crippen molar-refractivity contribution in [1.82, 2.24) is 16.0 Å². The first-order valence-electron chi connectivity index (χ1n) is 8.11. The van der Waals surface area contributed by atoms with Crippen molar-refractivity contribution < 1.29 is 34.5 Å². The number of aliphatic carboxylic acids is 3. The van der Waals surface area contributed by atoms with E-state index in [9.17, 15) is 19.2 Å². The van der Waals surface area contributed by atoms with Crippen molar-refractivity contribution in [3.63, 3.8) is 0 Å². The Morgan fingerprint density at radius 2 is 1.36 bits per heavy atom. The molecule has 0 unspecified atom stereocenters. The lowest BCUT2D eigenvalue weighted by Gasteiger charge is -2.18. The Balaban J connectivity index is 4.39. The summed E-state index contributed by atoms with van der Waals surface area (Å²) in [5.74, 6) is -3.79. The van der Waals surface area contributed by atoms with Crippen LogP contribution in [0.15, 0.2) is 0 Å². The molecule has 0 rings (SSSR count). The number of unbranched alkanes of at least 4 members (excludes halogenated alkanes) is 1. The van der Waals surface area contributed by atoms with Crippen molar-refractivity contribution in [2.45, 2.75) is 64.1 Å². The minimum atomic E-state index is -1.40. The summed E-state index contributed by atoms with van der Waals surface area (Å²) < 4.78 is 0. The highest BCUT2D eigenvalue weighted by atomic mass is 16.4. The molecule has 0 radical (unpaired) electrons. The van der Waals surface area contributed by atoms with Crippen LogP contribution in [0.5, 0.6) is 0 Å². The SMILES string of the molecule is CC(C)NCCCC[C@@H](NC(=O)N[C@@H](CCC(=O)O)C(=O)O)C(=O)O. The van der Waals surface area contributed by atoms with Crippen molar-refractivity contribution in [3.05, 3.63) is 0 Å². The number of urea groups is 1. The molecule has 144 valence electrons. The van der Waals surface area contributed by atoms with Crippen LogP contribution >= 0.6 is 0 Å². The van der Waals surface area contributed by atoms with E-state index >= 15 is 0 Å². The summed E-state index contributed by atoms with van der Waals surface area (Å²) in [7, 11) is 0. The summed E-state index contributed by atoms with van der Waals surface area (Å²) >= 11 is 0. The zero-order valence-corrected chi connectivity index (χ0v) is 14.4. The number of carboxylic acid groups (broad SMARTS) is 3. The van der Waals surface area contributed by atoms with Crippen molar-refractivity contribution in [1.29, 1.82) is 0 Å². The highest BCUT2D eigenvalue weighted by Crippen LogP contribution is 2.03. The molecule has 2 atom stereocenters. The fraction of sp³-hybridized carbons (Fsp3) is 0.733. The van der Waals surface area contributed by atoms with Gasteiger partial charge in [0.25, 0.3) is 0 Å². The zero-order chi connectivity index (χ0) is 19.4. The van der Waals surface area contributed by atoms with Gasteiger partial charge in [0.1, 0.15) is 12.1 Å². The third-order valence-corrected chi connectivity index (χ3v) is 3.33. The largest absolute Gasteiger partial charge is 0.481 e. The quantitative estimate of drug-likeness (QED) is 0.254. The van der Waals surface area contributed by atoms with Gasteiger partial charge < -0.3 is 31.3 Å². The maximum absolute atomic E-state index is 11.8. The zero-order valence-electron chi connectivity index (χ0n) is 14.4. The van der Waals surface area contributed by atoms with E-state index < -0.39 is 42.4 Å². The maximum atomic E-state index is 11.8. The molecule has 0 bridgehead atoms. The normalized spacial score (nSPS) is 13.1. The second kappa shape index (κ2) is 12.1. The van der Waals surface area contributed by atoms with Crippen LogP contribution in [0.4, 0.5) is 4.79 Å². The highest BCUT2D eigenvalue weighted by Gasteiger charge is 2.24. The Morgan fingerprint density at radius 3 is 1.80 bits per heavy atom. The van der Waals surface area contributed by atoms with Crippen LogP contribution in [0.2, 0.25) is 0 Å². The van der Waals surface area contributed by atoms with Gasteiger partial charge in [-0.2, -0.15) is 0 Å². The smallest absolute Gasteiger partial charge is 0.326 e. The lowest BCUT2D eigenvalue weighted by molar-refractivity contribution is -0.140. The standard InChI is InChI=1S/C15H27N3O7/c1-9(2)16-8-4-3-5-10(13(21)22)17-15(25)18-11(14(23)24)6-7-12(19)20/h9-11,16H,3-8H2,1-2H3,(H,19,20)(H,21,22)(H,23,24)(H2,17,18,25)/t10-,11+/m1/s1. The molecule has 0 spiro atoms. The third-order valence-electron chi connectivity index (χ3n) is 3.33. The number of rotatable bonds is 13. The van der Waals surface area contributed by atoms with Gasteiger partial charge >= 0.3 is 23.9 Å². The Bertz CT molecular complexity index is 468. The summed E-state index contributed by atoms with van der Waals surface area (Å²) in [5.41, 5.74) is 0. The summed E-state index contributed by atoms with van der Waals surface area (Å²) in [4.78, 5) is 44.5. The van der Waals surface area contributed by atoms with Gasteiger partial charge in [-0.05, 0) is 32.2 Å². The van der Waals surface area contributed by atoms with Gasteiger partial charge in [0.05, 0.1) is 0 Å². The first kappa shape index (κ1) is 22.6. The number of carboxylic acids is 3. The first-order valence-corrected chi connectivity index (χ1v) is 8.11. The lowest BCUT2D eigenvalue weighted by Crippen LogP contribution is -2.51. The molecule has 25 heavy (non-hydrogen) atoms. The van der Waals surface area contributed by atoms with Crippen molar-refractivity contribution in [2.75, 3.05) is 6.54 Å². The second-order valence-corrected chi connectivity index (χ2v) is 5.94. The average molecular weight is 361 g/mol. The second-order valence-electron chi connectivity index (χ2n) is 5.94. The summed E-state index contributed by atoms with van der Waals surface area (Å²) in [6.07, 6.45) is 0.786. The van der Waals surface area contributed by atoms with E-state index in [1.807, 2.05) is 13.8 Å². The van der Waals surface area contributed by atoms with Gasteiger partial charge in [0.15, 0.2) is 0 Å². The summed E-state index contributed by atoms with van der Waals surface area (Å²) in [6, 6.07) is -3.17. The fourth-order valence-corrected chi connectivity index (χ4v) is 2.00. The van der Waals surface area contributed by atoms with Gasteiger partial charge in [-0.25, -0.2) is 14.4 Å². The van der Waals surface area contributed by atoms with Gasteiger partial charge in [0, 0.05) is 12.5 Å². The Labute approximate surface area is 146 Å². The van der Waals surface area contributed by atoms with Crippen LogP contribution in [-0.4, -0.2) is 63.9 Å². The van der Waals surface area contributed by atoms with E-state index in [1.165, 1.54) is 0 Å². The molecule has 0 aliphatic heterocycles. The molecule has 0 aliphatic carbocycles.